The molecule has 0 spiro atoms. The van der Waals surface area contributed by atoms with Crippen LogP contribution in [-0.2, 0) is 15.6 Å². The van der Waals surface area contributed by atoms with Crippen molar-refractivity contribution < 1.29 is 9.00 Å². The second-order valence-electron chi connectivity index (χ2n) is 4.25. The third kappa shape index (κ3) is 2.66. The van der Waals surface area contributed by atoms with Gasteiger partial charge in [0.25, 0.3) is 0 Å². The Bertz CT molecular complexity index is 474. The zero-order chi connectivity index (χ0) is 12.4. The number of benzene rings is 1. The van der Waals surface area contributed by atoms with Gasteiger partial charge < -0.3 is 10.6 Å². The molecule has 1 aromatic carbocycles. The fraction of sp³-hybridized carbons (Fsp3) is 0.417. The average Bonchev–Trinajstić information content (AvgIpc) is 2.27. The van der Waals surface area contributed by atoms with Gasteiger partial charge in [-0.2, -0.15) is 0 Å². The summed E-state index contributed by atoms with van der Waals surface area (Å²) in [7, 11) is -0.865. The lowest BCUT2D eigenvalue weighted by molar-refractivity contribution is -0.117. The lowest BCUT2D eigenvalue weighted by Crippen LogP contribution is -2.40. The minimum atomic E-state index is -0.865. The SMILES string of the molecule is Cc1cccc2c1NC(CCS(C)=O)C(=O)N2. The lowest BCUT2D eigenvalue weighted by Gasteiger charge is -2.27. The number of nitrogens with one attached hydrogen (secondary N) is 2. The van der Waals surface area contributed by atoms with Crippen LogP contribution in [0.5, 0.6) is 0 Å². The zero-order valence-corrected chi connectivity index (χ0v) is 10.8. The number of hydrogen-bond acceptors (Lipinski definition) is 3. The quantitative estimate of drug-likeness (QED) is 0.857. The molecule has 0 saturated carbocycles. The number of anilines is 2. The Morgan fingerprint density at radius 2 is 2.18 bits per heavy atom. The van der Waals surface area contributed by atoms with Crippen LogP contribution in [-0.4, -0.2) is 28.2 Å². The van der Waals surface area contributed by atoms with E-state index in [1.807, 2.05) is 25.1 Å². The molecule has 2 atom stereocenters. The maximum absolute atomic E-state index is 11.8. The van der Waals surface area contributed by atoms with Crippen molar-refractivity contribution in [1.29, 1.82) is 0 Å². The van der Waals surface area contributed by atoms with Crippen LogP contribution in [0.2, 0.25) is 0 Å². The largest absolute Gasteiger partial charge is 0.372 e. The van der Waals surface area contributed by atoms with E-state index in [1.165, 1.54) is 0 Å². The third-order valence-corrected chi connectivity index (χ3v) is 3.67. The van der Waals surface area contributed by atoms with Crippen LogP contribution in [0.15, 0.2) is 18.2 Å². The molecule has 17 heavy (non-hydrogen) atoms. The number of aryl methyl sites for hydroxylation is 1. The van der Waals surface area contributed by atoms with Crippen molar-refractivity contribution in [2.45, 2.75) is 19.4 Å². The molecule has 1 heterocycles. The van der Waals surface area contributed by atoms with Gasteiger partial charge in [0.2, 0.25) is 5.91 Å². The van der Waals surface area contributed by atoms with E-state index in [4.69, 9.17) is 0 Å². The van der Waals surface area contributed by atoms with E-state index in [-0.39, 0.29) is 11.9 Å². The van der Waals surface area contributed by atoms with Crippen LogP contribution in [0.3, 0.4) is 0 Å². The van der Waals surface area contributed by atoms with E-state index in [9.17, 15) is 9.00 Å². The monoisotopic (exact) mass is 252 g/mol. The molecular formula is C12H16N2O2S. The molecule has 0 aromatic heterocycles. The van der Waals surface area contributed by atoms with Gasteiger partial charge in [0.1, 0.15) is 6.04 Å². The Balaban J connectivity index is 2.17. The molecule has 1 aliphatic heterocycles. The molecule has 1 aliphatic rings. The highest BCUT2D eigenvalue weighted by atomic mass is 32.2. The Kier molecular flexibility index (Phi) is 3.47. The maximum atomic E-state index is 11.8. The fourth-order valence-corrected chi connectivity index (χ4v) is 2.48. The van der Waals surface area contributed by atoms with Crippen LogP contribution < -0.4 is 10.6 Å². The summed E-state index contributed by atoms with van der Waals surface area (Å²) in [4.78, 5) is 11.8. The summed E-state index contributed by atoms with van der Waals surface area (Å²) >= 11 is 0. The van der Waals surface area contributed by atoms with Crippen LogP contribution in [0, 0.1) is 6.92 Å². The van der Waals surface area contributed by atoms with Crippen molar-refractivity contribution in [2.24, 2.45) is 0 Å². The highest BCUT2D eigenvalue weighted by molar-refractivity contribution is 7.84. The minimum Gasteiger partial charge on any atom is -0.372 e. The molecule has 0 bridgehead atoms. The number of fused-ring (bicyclic) bond motifs is 1. The molecule has 1 amide bonds. The van der Waals surface area contributed by atoms with Gasteiger partial charge in [-0.05, 0) is 25.0 Å². The van der Waals surface area contributed by atoms with Crippen molar-refractivity contribution in [1.82, 2.24) is 0 Å². The number of hydrogen-bond donors (Lipinski definition) is 2. The molecule has 5 heteroatoms. The summed E-state index contributed by atoms with van der Waals surface area (Å²) in [6.45, 7) is 2.00. The summed E-state index contributed by atoms with van der Waals surface area (Å²) in [5.41, 5.74) is 2.90. The predicted octanol–water partition coefficient (Wildman–Crippen LogP) is 1.50. The number of carbonyl (C=O) groups is 1. The first-order valence-electron chi connectivity index (χ1n) is 5.55. The molecule has 0 aliphatic carbocycles. The normalized spacial score (nSPS) is 20.1. The van der Waals surface area contributed by atoms with Gasteiger partial charge in [0.15, 0.2) is 0 Å². The third-order valence-electron chi connectivity index (χ3n) is 2.86. The molecule has 2 unspecified atom stereocenters. The number of para-hydroxylation sites is 1. The number of rotatable bonds is 3. The molecule has 2 N–H and O–H groups in total. The average molecular weight is 252 g/mol. The second kappa shape index (κ2) is 4.87. The maximum Gasteiger partial charge on any atom is 0.246 e. The molecule has 0 fully saturated rings. The van der Waals surface area contributed by atoms with Gasteiger partial charge in [0.05, 0.1) is 11.4 Å². The minimum absolute atomic E-state index is 0.0476. The lowest BCUT2D eigenvalue weighted by atomic mass is 10.1. The molecule has 92 valence electrons. The van der Waals surface area contributed by atoms with Gasteiger partial charge in [-0.3, -0.25) is 9.00 Å². The van der Waals surface area contributed by atoms with Crippen LogP contribution >= 0.6 is 0 Å². The van der Waals surface area contributed by atoms with E-state index in [0.29, 0.717) is 12.2 Å². The summed E-state index contributed by atoms with van der Waals surface area (Å²) in [6.07, 6.45) is 2.24. The topological polar surface area (TPSA) is 58.2 Å². The molecule has 1 aromatic rings. The second-order valence-corrected chi connectivity index (χ2v) is 5.80. The first-order chi connectivity index (χ1) is 8.08. The molecule has 0 saturated heterocycles. The Hall–Kier alpha value is -1.36. The van der Waals surface area contributed by atoms with Crippen molar-refractivity contribution >= 4 is 28.1 Å². The van der Waals surface area contributed by atoms with E-state index >= 15 is 0 Å². The van der Waals surface area contributed by atoms with E-state index in [0.717, 1.165) is 16.9 Å². The smallest absolute Gasteiger partial charge is 0.246 e. The summed E-state index contributed by atoms with van der Waals surface area (Å²) in [6, 6.07) is 5.50. The first kappa shape index (κ1) is 12.1. The standard InChI is InChI=1S/C12H16N2O2S/c1-8-4-3-5-9-11(8)13-10(12(15)14-9)6-7-17(2)16/h3-5,10,13H,6-7H2,1-2H3,(H,14,15). The van der Waals surface area contributed by atoms with E-state index in [2.05, 4.69) is 10.6 Å². The van der Waals surface area contributed by atoms with Crippen LogP contribution in [0.25, 0.3) is 0 Å². The molecule has 0 radical (unpaired) electrons. The van der Waals surface area contributed by atoms with E-state index in [1.54, 1.807) is 6.26 Å². The van der Waals surface area contributed by atoms with Crippen LogP contribution in [0.4, 0.5) is 11.4 Å². The first-order valence-corrected chi connectivity index (χ1v) is 7.27. The van der Waals surface area contributed by atoms with Crippen LogP contribution in [0.1, 0.15) is 12.0 Å². The predicted molar refractivity (Wildman–Crippen MR) is 70.8 cm³/mol. The Labute approximate surface area is 103 Å². The molecule has 4 nitrogen and oxygen atoms in total. The van der Waals surface area contributed by atoms with Gasteiger partial charge >= 0.3 is 0 Å². The fourth-order valence-electron chi connectivity index (χ4n) is 1.91. The Morgan fingerprint density at radius 1 is 1.41 bits per heavy atom. The highest BCUT2D eigenvalue weighted by Crippen LogP contribution is 2.30. The van der Waals surface area contributed by atoms with Gasteiger partial charge in [0, 0.05) is 22.8 Å². The van der Waals surface area contributed by atoms with Gasteiger partial charge in [-0.1, -0.05) is 12.1 Å². The summed E-state index contributed by atoms with van der Waals surface area (Å²) < 4.78 is 11.1. The van der Waals surface area contributed by atoms with Gasteiger partial charge in [-0.25, -0.2) is 0 Å². The summed E-state index contributed by atoms with van der Waals surface area (Å²) in [5.74, 6) is 0.486. The van der Waals surface area contributed by atoms with Gasteiger partial charge in [-0.15, -0.1) is 0 Å². The van der Waals surface area contributed by atoms with Crippen molar-refractivity contribution in [3.63, 3.8) is 0 Å². The molecule has 2 rings (SSSR count). The highest BCUT2D eigenvalue weighted by Gasteiger charge is 2.25. The Morgan fingerprint density at radius 3 is 2.88 bits per heavy atom. The number of carbonyl (C=O) groups excluding carboxylic acids is 1. The van der Waals surface area contributed by atoms with E-state index < -0.39 is 10.8 Å². The molecular weight excluding hydrogens is 236 g/mol. The van der Waals surface area contributed by atoms with Crippen molar-refractivity contribution in [3.8, 4) is 0 Å². The number of amides is 1. The zero-order valence-electron chi connectivity index (χ0n) is 9.95. The van der Waals surface area contributed by atoms with Crippen molar-refractivity contribution in [3.05, 3.63) is 23.8 Å². The van der Waals surface area contributed by atoms with Crippen molar-refractivity contribution in [2.75, 3.05) is 22.6 Å². The summed E-state index contributed by atoms with van der Waals surface area (Å²) in [5, 5.41) is 6.10.